The van der Waals surface area contributed by atoms with E-state index in [0.717, 1.165) is 13.1 Å². The van der Waals surface area contributed by atoms with Crippen LogP contribution >= 0.6 is 0 Å². The van der Waals surface area contributed by atoms with Crippen LogP contribution in [0.3, 0.4) is 0 Å². The summed E-state index contributed by atoms with van der Waals surface area (Å²) < 4.78 is 5.22. The number of carboxylic acid groups (broad SMARTS) is 1. The van der Waals surface area contributed by atoms with Gasteiger partial charge in [0.2, 0.25) is 5.91 Å². The van der Waals surface area contributed by atoms with Crippen molar-refractivity contribution in [2.45, 2.75) is 12.5 Å². The molecule has 2 atom stereocenters. The Labute approximate surface area is 112 Å². The Hall–Kier alpha value is -1.18. The minimum absolute atomic E-state index is 0.0721. The lowest BCUT2D eigenvalue weighted by atomic mass is 10.0. The van der Waals surface area contributed by atoms with Crippen LogP contribution in [-0.4, -0.2) is 78.8 Å². The number of carboxylic acids is 1. The van der Waals surface area contributed by atoms with Crippen LogP contribution in [0.25, 0.3) is 0 Å². The van der Waals surface area contributed by atoms with Crippen LogP contribution in [0.15, 0.2) is 0 Å². The van der Waals surface area contributed by atoms with Crippen molar-refractivity contribution < 1.29 is 19.4 Å². The van der Waals surface area contributed by atoms with Crippen LogP contribution in [0.2, 0.25) is 0 Å². The molecule has 7 nitrogen and oxygen atoms in total. The topological polar surface area (TPSA) is 96.1 Å². The van der Waals surface area contributed by atoms with E-state index in [1.807, 2.05) is 4.90 Å². The van der Waals surface area contributed by atoms with Gasteiger partial charge in [0.15, 0.2) is 0 Å². The lowest BCUT2D eigenvalue weighted by Gasteiger charge is -2.36. The highest BCUT2D eigenvalue weighted by Crippen LogP contribution is 2.16. The molecule has 2 unspecified atom stereocenters. The van der Waals surface area contributed by atoms with Crippen molar-refractivity contribution in [2.75, 3.05) is 45.9 Å². The standard InChI is InChI=1S/C12H21N3O4/c13-10-8-19-7-9(10)12(18)15-5-3-14(4-6-15)2-1-11(16)17/h9-10H,1-8,13H2,(H,16,17). The Morgan fingerprint density at radius 3 is 2.42 bits per heavy atom. The maximum absolute atomic E-state index is 12.2. The van der Waals surface area contributed by atoms with Gasteiger partial charge in [-0.2, -0.15) is 0 Å². The largest absolute Gasteiger partial charge is 0.481 e. The summed E-state index contributed by atoms with van der Waals surface area (Å²) in [5.41, 5.74) is 5.85. The van der Waals surface area contributed by atoms with Crippen molar-refractivity contribution in [1.82, 2.24) is 9.80 Å². The van der Waals surface area contributed by atoms with E-state index >= 15 is 0 Å². The number of rotatable bonds is 4. The van der Waals surface area contributed by atoms with Gasteiger partial charge in [0.05, 0.1) is 25.6 Å². The lowest BCUT2D eigenvalue weighted by molar-refractivity contribution is -0.140. The predicted molar refractivity (Wildman–Crippen MR) is 67.6 cm³/mol. The molecule has 0 bridgehead atoms. The number of aliphatic carboxylic acids is 1. The summed E-state index contributed by atoms with van der Waals surface area (Å²) in [5, 5.41) is 8.64. The maximum atomic E-state index is 12.2. The summed E-state index contributed by atoms with van der Waals surface area (Å²) in [6.07, 6.45) is 0.148. The molecule has 108 valence electrons. The molecule has 0 aliphatic carbocycles. The van der Waals surface area contributed by atoms with Gasteiger partial charge in [0.25, 0.3) is 0 Å². The number of piperazine rings is 1. The van der Waals surface area contributed by atoms with Crippen LogP contribution in [0, 0.1) is 5.92 Å². The molecule has 7 heteroatoms. The average Bonchev–Trinajstić information content (AvgIpc) is 2.82. The fourth-order valence-corrected chi connectivity index (χ4v) is 2.51. The van der Waals surface area contributed by atoms with Gasteiger partial charge < -0.3 is 20.5 Å². The van der Waals surface area contributed by atoms with Crippen molar-refractivity contribution in [3.63, 3.8) is 0 Å². The van der Waals surface area contributed by atoms with Gasteiger partial charge in [0, 0.05) is 38.8 Å². The molecule has 1 amide bonds. The van der Waals surface area contributed by atoms with E-state index < -0.39 is 5.97 Å². The van der Waals surface area contributed by atoms with Gasteiger partial charge in [-0.25, -0.2) is 0 Å². The lowest BCUT2D eigenvalue weighted by Crippen LogP contribution is -2.52. The smallest absolute Gasteiger partial charge is 0.304 e. The Morgan fingerprint density at radius 1 is 1.21 bits per heavy atom. The van der Waals surface area contributed by atoms with Crippen molar-refractivity contribution in [2.24, 2.45) is 11.7 Å². The van der Waals surface area contributed by atoms with Gasteiger partial charge in [0.1, 0.15) is 0 Å². The second-order valence-electron chi connectivity index (χ2n) is 5.12. The number of hydrogen-bond acceptors (Lipinski definition) is 5. The molecule has 0 spiro atoms. The molecule has 0 radical (unpaired) electrons. The summed E-state index contributed by atoms with van der Waals surface area (Å²) >= 11 is 0. The highest BCUT2D eigenvalue weighted by molar-refractivity contribution is 5.80. The number of nitrogens with zero attached hydrogens (tertiary/aromatic N) is 2. The summed E-state index contributed by atoms with van der Waals surface area (Å²) in [7, 11) is 0. The molecule has 2 heterocycles. The number of nitrogens with two attached hydrogens (primary N) is 1. The van der Waals surface area contributed by atoms with Crippen LogP contribution in [0.4, 0.5) is 0 Å². The summed E-state index contributed by atoms with van der Waals surface area (Å²) in [4.78, 5) is 26.6. The average molecular weight is 271 g/mol. The zero-order chi connectivity index (χ0) is 13.8. The third-order valence-corrected chi connectivity index (χ3v) is 3.77. The molecule has 2 rings (SSSR count). The quantitative estimate of drug-likeness (QED) is 0.651. The van der Waals surface area contributed by atoms with E-state index in [1.54, 1.807) is 0 Å². The molecule has 2 aliphatic heterocycles. The van der Waals surface area contributed by atoms with E-state index in [1.165, 1.54) is 0 Å². The molecule has 2 fully saturated rings. The third-order valence-electron chi connectivity index (χ3n) is 3.77. The van der Waals surface area contributed by atoms with E-state index in [0.29, 0.717) is 32.8 Å². The summed E-state index contributed by atoms with van der Waals surface area (Å²) in [6.45, 7) is 4.14. The number of carbonyl (C=O) groups excluding carboxylic acids is 1. The molecule has 0 aromatic rings. The van der Waals surface area contributed by atoms with Gasteiger partial charge in [-0.1, -0.05) is 0 Å². The van der Waals surface area contributed by atoms with Crippen LogP contribution in [-0.2, 0) is 14.3 Å². The number of ether oxygens (including phenoxy) is 1. The number of hydrogen-bond donors (Lipinski definition) is 2. The van der Waals surface area contributed by atoms with Crippen LogP contribution in [0.5, 0.6) is 0 Å². The molecule has 0 aromatic heterocycles. The van der Waals surface area contributed by atoms with E-state index in [2.05, 4.69) is 4.90 Å². The van der Waals surface area contributed by atoms with Crippen molar-refractivity contribution in [1.29, 1.82) is 0 Å². The Balaban J connectivity index is 1.76. The number of amides is 1. The monoisotopic (exact) mass is 271 g/mol. The Kier molecular flexibility index (Phi) is 4.73. The van der Waals surface area contributed by atoms with Gasteiger partial charge >= 0.3 is 5.97 Å². The van der Waals surface area contributed by atoms with E-state index in [9.17, 15) is 9.59 Å². The Bertz CT molecular complexity index is 342. The zero-order valence-corrected chi connectivity index (χ0v) is 11.0. The second-order valence-corrected chi connectivity index (χ2v) is 5.12. The van der Waals surface area contributed by atoms with Gasteiger partial charge in [-0.15, -0.1) is 0 Å². The molecule has 2 saturated heterocycles. The van der Waals surface area contributed by atoms with Crippen LogP contribution < -0.4 is 5.73 Å². The Morgan fingerprint density at radius 2 is 1.89 bits per heavy atom. The highest BCUT2D eigenvalue weighted by atomic mass is 16.5. The molecule has 19 heavy (non-hydrogen) atoms. The minimum Gasteiger partial charge on any atom is -0.481 e. The SMILES string of the molecule is NC1COCC1C(=O)N1CCN(CCC(=O)O)CC1. The first-order valence-electron chi connectivity index (χ1n) is 6.64. The first-order valence-corrected chi connectivity index (χ1v) is 6.64. The second kappa shape index (κ2) is 6.31. The molecule has 3 N–H and O–H groups in total. The molecule has 0 saturated carbocycles. The van der Waals surface area contributed by atoms with Crippen molar-refractivity contribution in [3.8, 4) is 0 Å². The molecular formula is C12H21N3O4. The van der Waals surface area contributed by atoms with E-state index in [-0.39, 0.29) is 24.3 Å². The minimum atomic E-state index is -0.785. The van der Waals surface area contributed by atoms with Gasteiger partial charge in [-0.05, 0) is 0 Å². The fourth-order valence-electron chi connectivity index (χ4n) is 2.51. The summed E-state index contributed by atoms with van der Waals surface area (Å²) in [6, 6.07) is -0.197. The van der Waals surface area contributed by atoms with Crippen molar-refractivity contribution in [3.05, 3.63) is 0 Å². The van der Waals surface area contributed by atoms with Gasteiger partial charge in [-0.3, -0.25) is 14.5 Å². The first kappa shape index (κ1) is 14.2. The third kappa shape index (κ3) is 3.65. The highest BCUT2D eigenvalue weighted by Gasteiger charge is 2.35. The number of carbonyl (C=O) groups is 2. The van der Waals surface area contributed by atoms with Crippen molar-refractivity contribution >= 4 is 11.9 Å². The molecule has 0 aromatic carbocycles. The fraction of sp³-hybridized carbons (Fsp3) is 0.833. The predicted octanol–water partition coefficient (Wildman–Crippen LogP) is -1.42. The maximum Gasteiger partial charge on any atom is 0.304 e. The molecule has 2 aliphatic rings. The normalized spacial score (nSPS) is 28.6. The molecular weight excluding hydrogens is 250 g/mol. The summed E-state index contributed by atoms with van der Waals surface area (Å²) in [5.74, 6) is -0.930. The van der Waals surface area contributed by atoms with Crippen LogP contribution in [0.1, 0.15) is 6.42 Å². The zero-order valence-electron chi connectivity index (χ0n) is 11.0. The first-order chi connectivity index (χ1) is 9.08. The van der Waals surface area contributed by atoms with E-state index in [4.69, 9.17) is 15.6 Å².